The molecule has 0 unspecified atom stereocenters. The summed E-state index contributed by atoms with van der Waals surface area (Å²) in [5.41, 5.74) is 0.409. The molecule has 0 amide bonds. The first-order chi connectivity index (χ1) is 8.93. The number of hydrogen-bond donors (Lipinski definition) is 1. The van der Waals surface area contributed by atoms with Gasteiger partial charge < -0.3 is 14.6 Å². The fraction of sp³-hybridized carbons (Fsp3) is 0.286. The van der Waals surface area contributed by atoms with Crippen LogP contribution in [0.5, 0.6) is 5.75 Å². The Morgan fingerprint density at radius 1 is 1.21 bits per heavy atom. The molecule has 0 aliphatic carbocycles. The summed E-state index contributed by atoms with van der Waals surface area (Å²) in [7, 11) is 1.52. The molecule has 0 saturated heterocycles. The molecule has 1 aromatic carbocycles. The van der Waals surface area contributed by atoms with Crippen molar-refractivity contribution in [2.75, 3.05) is 7.11 Å². The van der Waals surface area contributed by atoms with E-state index in [1.54, 1.807) is 38.1 Å². The van der Waals surface area contributed by atoms with Gasteiger partial charge in [0.05, 0.1) is 13.2 Å². The van der Waals surface area contributed by atoms with Crippen molar-refractivity contribution in [1.29, 1.82) is 0 Å². The van der Waals surface area contributed by atoms with Crippen molar-refractivity contribution in [3.63, 3.8) is 0 Å². The van der Waals surface area contributed by atoms with Crippen molar-refractivity contribution < 1.29 is 24.2 Å². The van der Waals surface area contributed by atoms with E-state index < -0.39 is 11.8 Å². The highest BCUT2D eigenvalue weighted by atomic mass is 16.5. The van der Waals surface area contributed by atoms with Crippen molar-refractivity contribution in [2.24, 2.45) is 0 Å². The van der Waals surface area contributed by atoms with Crippen molar-refractivity contribution in [3.05, 3.63) is 35.9 Å². The minimum atomic E-state index is -0.991. The smallest absolute Gasteiger partial charge is 0.379 e. The molecule has 0 heterocycles. The third-order valence-corrected chi connectivity index (χ3v) is 2.20. The van der Waals surface area contributed by atoms with Gasteiger partial charge in [-0.15, -0.1) is 0 Å². The molecule has 0 aliphatic rings. The minimum Gasteiger partial charge on any atom is -0.507 e. The van der Waals surface area contributed by atoms with Crippen LogP contribution in [0.25, 0.3) is 5.76 Å². The third-order valence-electron chi connectivity index (χ3n) is 2.20. The first-order valence-electron chi connectivity index (χ1n) is 5.74. The van der Waals surface area contributed by atoms with E-state index in [-0.39, 0.29) is 11.9 Å². The van der Waals surface area contributed by atoms with E-state index in [1.165, 1.54) is 7.11 Å². The lowest BCUT2D eigenvalue weighted by molar-refractivity contribution is -0.154. The molecule has 5 heteroatoms. The standard InChI is InChI=1S/C14H16O5/c1-9(2)19-14(17)13(16)8-12(15)10-4-6-11(18-3)7-5-10/h4-9,15H,1-3H3/b12-8-. The Kier molecular flexibility index (Phi) is 5.11. The van der Waals surface area contributed by atoms with Gasteiger partial charge >= 0.3 is 5.97 Å². The van der Waals surface area contributed by atoms with Crippen LogP contribution in [0.15, 0.2) is 30.3 Å². The number of rotatable bonds is 5. The van der Waals surface area contributed by atoms with E-state index in [9.17, 15) is 14.7 Å². The average molecular weight is 264 g/mol. The van der Waals surface area contributed by atoms with Crippen LogP contribution in [0.3, 0.4) is 0 Å². The van der Waals surface area contributed by atoms with Gasteiger partial charge in [-0.2, -0.15) is 0 Å². The maximum Gasteiger partial charge on any atom is 0.379 e. The zero-order valence-corrected chi connectivity index (χ0v) is 11.0. The Morgan fingerprint density at radius 2 is 1.79 bits per heavy atom. The molecule has 0 aromatic heterocycles. The maximum atomic E-state index is 11.4. The summed E-state index contributed by atoms with van der Waals surface area (Å²) in [6, 6.07) is 6.42. The molecule has 0 fully saturated rings. The average Bonchev–Trinajstić information content (AvgIpc) is 2.37. The van der Waals surface area contributed by atoms with E-state index >= 15 is 0 Å². The normalized spacial score (nSPS) is 11.3. The van der Waals surface area contributed by atoms with Gasteiger partial charge in [0, 0.05) is 11.6 Å². The monoisotopic (exact) mass is 264 g/mol. The number of esters is 1. The molecule has 0 atom stereocenters. The largest absolute Gasteiger partial charge is 0.507 e. The Hall–Kier alpha value is -2.30. The molecule has 0 saturated carbocycles. The zero-order chi connectivity index (χ0) is 14.4. The molecule has 0 bridgehead atoms. The summed E-state index contributed by atoms with van der Waals surface area (Å²) < 4.78 is 9.69. The summed E-state index contributed by atoms with van der Waals surface area (Å²) in [6.45, 7) is 3.27. The lowest BCUT2D eigenvalue weighted by Crippen LogP contribution is -2.19. The van der Waals surface area contributed by atoms with Gasteiger partial charge in [-0.3, -0.25) is 4.79 Å². The SMILES string of the molecule is COc1ccc(/C(O)=C/C(=O)C(=O)OC(C)C)cc1. The Balaban J connectivity index is 2.80. The fourth-order valence-electron chi connectivity index (χ4n) is 1.30. The number of ketones is 1. The number of methoxy groups -OCH3 is 1. The van der Waals surface area contributed by atoms with Crippen LogP contribution >= 0.6 is 0 Å². The number of hydrogen-bond acceptors (Lipinski definition) is 5. The minimum absolute atomic E-state index is 0.298. The second-order valence-corrected chi connectivity index (χ2v) is 4.08. The number of carbonyl (C=O) groups is 2. The summed E-state index contributed by atoms with van der Waals surface area (Å²) >= 11 is 0. The lowest BCUT2D eigenvalue weighted by Gasteiger charge is -2.05. The van der Waals surface area contributed by atoms with E-state index in [2.05, 4.69) is 0 Å². The van der Waals surface area contributed by atoms with Gasteiger partial charge in [-0.1, -0.05) is 0 Å². The third kappa shape index (κ3) is 4.46. The maximum absolute atomic E-state index is 11.4. The summed E-state index contributed by atoms with van der Waals surface area (Å²) in [5.74, 6) is -1.56. The summed E-state index contributed by atoms with van der Waals surface area (Å²) in [4.78, 5) is 22.7. The van der Waals surface area contributed by atoms with Crippen LogP contribution in [-0.2, 0) is 14.3 Å². The number of benzene rings is 1. The van der Waals surface area contributed by atoms with Gasteiger partial charge in [-0.25, -0.2) is 4.79 Å². The highest BCUT2D eigenvalue weighted by Crippen LogP contribution is 2.16. The van der Waals surface area contributed by atoms with Crippen LogP contribution in [0.1, 0.15) is 19.4 Å². The molecule has 0 aliphatic heterocycles. The zero-order valence-electron chi connectivity index (χ0n) is 11.0. The predicted molar refractivity (Wildman–Crippen MR) is 69.8 cm³/mol. The van der Waals surface area contributed by atoms with E-state index in [4.69, 9.17) is 9.47 Å². The molecule has 0 spiro atoms. The topological polar surface area (TPSA) is 72.8 Å². The van der Waals surface area contributed by atoms with E-state index in [0.717, 1.165) is 6.08 Å². The fourth-order valence-corrected chi connectivity index (χ4v) is 1.30. The van der Waals surface area contributed by atoms with Crippen LogP contribution in [0.4, 0.5) is 0 Å². The number of ether oxygens (including phenoxy) is 2. The van der Waals surface area contributed by atoms with Crippen LogP contribution in [0.2, 0.25) is 0 Å². The molecule has 102 valence electrons. The molecule has 5 nitrogen and oxygen atoms in total. The van der Waals surface area contributed by atoms with Gasteiger partial charge in [0.25, 0.3) is 5.78 Å². The molecule has 1 N–H and O–H groups in total. The molecular formula is C14H16O5. The number of aliphatic hydroxyl groups excluding tert-OH is 1. The van der Waals surface area contributed by atoms with Gasteiger partial charge in [-0.05, 0) is 38.1 Å². The van der Waals surface area contributed by atoms with Gasteiger partial charge in [0.15, 0.2) is 0 Å². The Morgan fingerprint density at radius 3 is 2.26 bits per heavy atom. The second-order valence-electron chi connectivity index (χ2n) is 4.08. The van der Waals surface area contributed by atoms with Crippen molar-refractivity contribution >= 4 is 17.5 Å². The van der Waals surface area contributed by atoms with Crippen molar-refractivity contribution in [1.82, 2.24) is 0 Å². The van der Waals surface area contributed by atoms with Crippen molar-refractivity contribution in [2.45, 2.75) is 20.0 Å². The van der Waals surface area contributed by atoms with Gasteiger partial charge in [0.2, 0.25) is 0 Å². The Bertz CT molecular complexity index is 485. The second kappa shape index (κ2) is 6.58. The van der Waals surface area contributed by atoms with Crippen LogP contribution in [-0.4, -0.2) is 30.1 Å². The molecule has 1 aromatic rings. The molecule has 19 heavy (non-hydrogen) atoms. The van der Waals surface area contributed by atoms with E-state index in [1.807, 2.05) is 0 Å². The quantitative estimate of drug-likeness (QED) is 0.381. The summed E-state index contributed by atoms with van der Waals surface area (Å²) in [5, 5.41) is 9.73. The first kappa shape index (κ1) is 14.8. The highest BCUT2D eigenvalue weighted by Gasteiger charge is 2.15. The first-order valence-corrected chi connectivity index (χ1v) is 5.74. The molecular weight excluding hydrogens is 248 g/mol. The number of aliphatic hydroxyl groups is 1. The van der Waals surface area contributed by atoms with Crippen LogP contribution in [0, 0.1) is 0 Å². The highest BCUT2D eigenvalue weighted by molar-refractivity contribution is 6.39. The predicted octanol–water partition coefficient (Wildman–Crippen LogP) is 2.11. The van der Waals surface area contributed by atoms with Crippen LogP contribution < -0.4 is 4.74 Å². The van der Waals surface area contributed by atoms with E-state index in [0.29, 0.717) is 11.3 Å². The Labute approximate surface area is 111 Å². The number of carbonyl (C=O) groups excluding carboxylic acids is 2. The summed E-state index contributed by atoms with van der Waals surface area (Å²) in [6.07, 6.45) is 0.458. The van der Waals surface area contributed by atoms with Gasteiger partial charge in [0.1, 0.15) is 11.5 Å². The lowest BCUT2D eigenvalue weighted by atomic mass is 10.1. The molecule has 0 radical (unpaired) electrons. The molecule has 1 rings (SSSR count). The van der Waals surface area contributed by atoms with Crippen molar-refractivity contribution in [3.8, 4) is 5.75 Å².